The normalized spacial score (nSPS) is 10.6. The number of aryl methyl sites for hydroxylation is 1. The van der Waals surface area contributed by atoms with Crippen molar-refractivity contribution in [2.75, 3.05) is 5.75 Å². The van der Waals surface area contributed by atoms with E-state index in [1.165, 1.54) is 0 Å². The van der Waals surface area contributed by atoms with Crippen LogP contribution in [0.5, 0.6) is 5.88 Å². The average Bonchev–Trinajstić information content (AvgIpc) is 2.94. The van der Waals surface area contributed by atoms with E-state index >= 15 is 0 Å². The highest BCUT2D eigenvalue weighted by molar-refractivity contribution is 7.99. The number of benzene rings is 1. The van der Waals surface area contributed by atoms with E-state index in [2.05, 4.69) is 12.0 Å². The zero-order valence-corrected chi connectivity index (χ0v) is 13.6. The van der Waals surface area contributed by atoms with Crippen LogP contribution in [0.1, 0.15) is 29.8 Å². The third-order valence-electron chi connectivity index (χ3n) is 2.95. The summed E-state index contributed by atoms with van der Waals surface area (Å²) in [5.74, 6) is 1.46. The van der Waals surface area contributed by atoms with Crippen molar-refractivity contribution in [3.05, 3.63) is 41.6 Å². The highest BCUT2D eigenvalue weighted by Gasteiger charge is 2.14. The van der Waals surface area contributed by atoms with Crippen LogP contribution in [-0.2, 0) is 13.2 Å². The summed E-state index contributed by atoms with van der Waals surface area (Å²) in [5.41, 5.74) is 1.31. The fraction of sp³-hybridized carbons (Fsp3) is 0.333. The molecule has 4 nitrogen and oxygen atoms in total. The molecule has 0 unspecified atom stereocenters. The van der Waals surface area contributed by atoms with E-state index in [1.54, 1.807) is 28.6 Å². The van der Waals surface area contributed by atoms with Crippen LogP contribution in [-0.4, -0.2) is 20.8 Å². The van der Waals surface area contributed by atoms with E-state index in [9.17, 15) is 4.79 Å². The van der Waals surface area contributed by atoms with Gasteiger partial charge in [0.1, 0.15) is 6.61 Å². The first-order chi connectivity index (χ1) is 10.2. The van der Waals surface area contributed by atoms with Crippen LogP contribution in [0.4, 0.5) is 0 Å². The number of thioether (sulfide) groups is 1. The maximum atomic E-state index is 11.6. The largest absolute Gasteiger partial charge is 0.472 e. The van der Waals surface area contributed by atoms with Gasteiger partial charge in [0.05, 0.1) is 0 Å². The van der Waals surface area contributed by atoms with Crippen molar-refractivity contribution >= 4 is 28.6 Å². The number of halogens is 1. The molecule has 0 spiro atoms. The van der Waals surface area contributed by atoms with Gasteiger partial charge in [-0.1, -0.05) is 13.0 Å². The summed E-state index contributed by atoms with van der Waals surface area (Å²) in [6, 6.07) is 7.34. The minimum Gasteiger partial charge on any atom is -0.472 e. The van der Waals surface area contributed by atoms with Crippen molar-refractivity contribution in [1.82, 2.24) is 9.78 Å². The summed E-state index contributed by atoms with van der Waals surface area (Å²) < 4.78 is 7.48. The van der Waals surface area contributed by atoms with Crippen molar-refractivity contribution < 1.29 is 9.53 Å². The molecule has 2 aromatic rings. The monoisotopic (exact) mass is 324 g/mol. The quantitative estimate of drug-likeness (QED) is 0.571. The topological polar surface area (TPSA) is 44.1 Å². The third kappa shape index (κ3) is 4.02. The first-order valence-electron chi connectivity index (χ1n) is 6.76. The zero-order chi connectivity index (χ0) is 15.2. The maximum Gasteiger partial charge on any atom is 0.252 e. The molecule has 1 aromatic heterocycles. The summed E-state index contributed by atoms with van der Waals surface area (Å²) in [4.78, 5) is 12.6. The van der Waals surface area contributed by atoms with E-state index in [0.29, 0.717) is 11.4 Å². The summed E-state index contributed by atoms with van der Waals surface area (Å²) in [5, 5.41) is 3.80. The minimum atomic E-state index is -0.466. The van der Waals surface area contributed by atoms with Gasteiger partial charge in [-0.15, -0.1) is 16.9 Å². The van der Waals surface area contributed by atoms with Crippen LogP contribution in [0.2, 0.25) is 0 Å². The molecule has 0 bridgehead atoms. The van der Waals surface area contributed by atoms with Crippen LogP contribution < -0.4 is 4.74 Å². The third-order valence-corrected chi connectivity index (χ3v) is 4.13. The molecule has 0 aliphatic heterocycles. The number of nitrogens with zero attached hydrogens (tertiary/aromatic N) is 2. The fourth-order valence-electron chi connectivity index (χ4n) is 1.93. The van der Waals surface area contributed by atoms with Gasteiger partial charge >= 0.3 is 0 Å². The molecule has 1 aromatic carbocycles. The van der Waals surface area contributed by atoms with Gasteiger partial charge in [0.15, 0.2) is 0 Å². The molecule has 0 amide bonds. The van der Waals surface area contributed by atoms with Crippen LogP contribution in [0.3, 0.4) is 0 Å². The van der Waals surface area contributed by atoms with Crippen molar-refractivity contribution in [3.63, 3.8) is 0 Å². The van der Waals surface area contributed by atoms with Gasteiger partial charge in [0.2, 0.25) is 5.88 Å². The highest BCUT2D eigenvalue weighted by Crippen LogP contribution is 2.27. The molecule has 2 rings (SSSR count). The molecular weight excluding hydrogens is 308 g/mol. The SMILES string of the molecule is CCSc1cccc(C(=O)Cl)c1COc1ccn(CC)n1. The number of hydrogen-bond donors (Lipinski definition) is 0. The Balaban J connectivity index is 2.22. The Kier molecular flexibility index (Phi) is 5.70. The second kappa shape index (κ2) is 7.52. The molecule has 6 heteroatoms. The van der Waals surface area contributed by atoms with Gasteiger partial charge < -0.3 is 4.74 Å². The molecule has 0 saturated carbocycles. The molecule has 0 radical (unpaired) electrons. The van der Waals surface area contributed by atoms with Crippen LogP contribution >= 0.6 is 23.4 Å². The van der Waals surface area contributed by atoms with Crippen molar-refractivity contribution in [2.24, 2.45) is 0 Å². The lowest BCUT2D eigenvalue weighted by Crippen LogP contribution is -2.05. The number of carbonyl (C=O) groups excluding carboxylic acids is 1. The molecule has 112 valence electrons. The summed E-state index contributed by atoms with van der Waals surface area (Å²) in [7, 11) is 0. The van der Waals surface area contributed by atoms with Gasteiger partial charge in [-0.25, -0.2) is 0 Å². The molecule has 1 heterocycles. The second-order valence-electron chi connectivity index (χ2n) is 4.29. The smallest absolute Gasteiger partial charge is 0.252 e. The Labute approximate surface area is 133 Å². The Hall–Kier alpha value is -1.46. The molecule has 21 heavy (non-hydrogen) atoms. The lowest BCUT2D eigenvalue weighted by atomic mass is 10.1. The lowest BCUT2D eigenvalue weighted by molar-refractivity contribution is 0.107. The predicted molar refractivity (Wildman–Crippen MR) is 85.3 cm³/mol. The minimum absolute atomic E-state index is 0.275. The molecule has 0 aliphatic rings. The van der Waals surface area contributed by atoms with E-state index < -0.39 is 5.24 Å². The average molecular weight is 325 g/mol. The Morgan fingerprint density at radius 1 is 1.38 bits per heavy atom. The number of ether oxygens (including phenoxy) is 1. The van der Waals surface area contributed by atoms with Gasteiger partial charge in [0, 0.05) is 34.8 Å². The van der Waals surface area contributed by atoms with Gasteiger partial charge in [0.25, 0.3) is 5.24 Å². The highest BCUT2D eigenvalue weighted by atomic mass is 35.5. The fourth-order valence-corrected chi connectivity index (χ4v) is 2.94. The first-order valence-corrected chi connectivity index (χ1v) is 8.12. The summed E-state index contributed by atoms with van der Waals surface area (Å²) >= 11 is 7.33. The lowest BCUT2D eigenvalue weighted by Gasteiger charge is -2.12. The molecule has 0 N–H and O–H groups in total. The Morgan fingerprint density at radius 2 is 2.19 bits per heavy atom. The molecule has 0 fully saturated rings. The van der Waals surface area contributed by atoms with E-state index in [1.807, 2.05) is 25.3 Å². The molecule has 0 aliphatic carbocycles. The van der Waals surface area contributed by atoms with E-state index in [0.717, 1.165) is 22.8 Å². The molecular formula is C15H17ClN2O2S. The summed E-state index contributed by atoms with van der Waals surface area (Å²) in [6.07, 6.45) is 1.86. The Morgan fingerprint density at radius 3 is 2.81 bits per heavy atom. The van der Waals surface area contributed by atoms with Crippen molar-refractivity contribution in [3.8, 4) is 5.88 Å². The van der Waals surface area contributed by atoms with Crippen LogP contribution in [0, 0.1) is 0 Å². The Bertz CT molecular complexity index is 628. The number of carbonyl (C=O) groups is 1. The van der Waals surface area contributed by atoms with Gasteiger partial charge in [-0.2, -0.15) is 0 Å². The van der Waals surface area contributed by atoms with Crippen LogP contribution in [0.25, 0.3) is 0 Å². The first kappa shape index (κ1) is 15.9. The van der Waals surface area contributed by atoms with Crippen molar-refractivity contribution in [1.29, 1.82) is 0 Å². The standard InChI is InChI=1S/C15H17ClN2O2S/c1-3-18-9-8-14(17-18)20-10-12-11(15(16)19)6-5-7-13(12)21-4-2/h5-9H,3-4,10H2,1-2H3. The predicted octanol–water partition coefficient (Wildman–Crippen LogP) is 3.97. The van der Waals surface area contributed by atoms with Gasteiger partial charge in [-0.05, 0) is 36.4 Å². The number of hydrogen-bond acceptors (Lipinski definition) is 4. The van der Waals surface area contributed by atoms with Crippen molar-refractivity contribution in [2.45, 2.75) is 31.9 Å². The summed E-state index contributed by atoms with van der Waals surface area (Å²) in [6.45, 7) is 5.14. The van der Waals surface area contributed by atoms with E-state index in [4.69, 9.17) is 16.3 Å². The molecule has 0 atom stereocenters. The second-order valence-corrected chi connectivity index (χ2v) is 5.94. The number of rotatable bonds is 7. The van der Waals surface area contributed by atoms with E-state index in [-0.39, 0.29) is 6.61 Å². The van der Waals surface area contributed by atoms with Gasteiger partial charge in [-0.3, -0.25) is 9.48 Å². The van der Waals surface area contributed by atoms with Crippen LogP contribution in [0.15, 0.2) is 35.4 Å². The molecule has 0 saturated heterocycles. The maximum absolute atomic E-state index is 11.6. The zero-order valence-electron chi connectivity index (χ0n) is 12.0. The number of aromatic nitrogens is 2.